The highest BCUT2D eigenvalue weighted by molar-refractivity contribution is 7.14. The van der Waals surface area contributed by atoms with Crippen molar-refractivity contribution < 1.29 is 32.6 Å². The van der Waals surface area contributed by atoms with Gasteiger partial charge >= 0.3 is 12.1 Å². The lowest BCUT2D eigenvalue weighted by Gasteiger charge is -2.34. The second-order valence-electron chi connectivity index (χ2n) is 6.68. The number of carboxylic acid groups (broad SMARTS) is 1. The van der Waals surface area contributed by atoms with Gasteiger partial charge in [0.05, 0.1) is 0 Å². The average molecular weight is 464 g/mol. The number of para-hydroxylation sites is 1. The summed E-state index contributed by atoms with van der Waals surface area (Å²) in [6.45, 7) is 0. The van der Waals surface area contributed by atoms with Crippen LogP contribution in [0.2, 0.25) is 0 Å². The molecule has 2 heterocycles. The number of anilines is 1. The lowest BCUT2D eigenvalue weighted by Crippen LogP contribution is -2.40. The molecule has 1 fully saturated rings. The van der Waals surface area contributed by atoms with Crippen molar-refractivity contribution in [1.29, 1.82) is 5.26 Å². The number of ether oxygens (including phenoxy) is 1. The maximum atomic E-state index is 12.2. The van der Waals surface area contributed by atoms with Crippen molar-refractivity contribution in [3.8, 4) is 11.8 Å². The van der Waals surface area contributed by atoms with Gasteiger partial charge in [-0.3, -0.25) is 9.78 Å². The molecule has 0 unspecified atom stereocenters. The number of thiazole rings is 1. The van der Waals surface area contributed by atoms with Crippen molar-refractivity contribution in [2.75, 3.05) is 5.32 Å². The quantitative estimate of drug-likeness (QED) is 0.598. The minimum atomic E-state index is -5.08. The summed E-state index contributed by atoms with van der Waals surface area (Å²) in [4.78, 5) is 29.5. The predicted molar refractivity (Wildman–Crippen MR) is 108 cm³/mol. The number of nitrogens with one attached hydrogen (secondary N) is 1. The van der Waals surface area contributed by atoms with Gasteiger partial charge in [0.25, 0.3) is 0 Å². The Morgan fingerprint density at radius 2 is 1.94 bits per heavy atom. The molecule has 1 aliphatic carbocycles. The Morgan fingerprint density at radius 1 is 1.25 bits per heavy atom. The number of pyridine rings is 1. The minimum Gasteiger partial charge on any atom is -0.488 e. The summed E-state index contributed by atoms with van der Waals surface area (Å²) in [6, 6.07) is 11.7. The van der Waals surface area contributed by atoms with E-state index in [0.29, 0.717) is 23.7 Å². The zero-order valence-electron chi connectivity index (χ0n) is 16.2. The third kappa shape index (κ3) is 5.70. The molecule has 1 aliphatic rings. The van der Waals surface area contributed by atoms with Crippen molar-refractivity contribution in [1.82, 2.24) is 9.97 Å². The molecule has 0 radical (unpaired) electrons. The molecular formula is C20H15F3N4O4S. The zero-order valence-corrected chi connectivity index (χ0v) is 17.0. The van der Waals surface area contributed by atoms with Crippen molar-refractivity contribution in [3.63, 3.8) is 0 Å². The third-order valence-electron chi connectivity index (χ3n) is 4.45. The average Bonchev–Trinajstić information content (AvgIpc) is 3.17. The maximum absolute atomic E-state index is 12.2. The van der Waals surface area contributed by atoms with Crippen molar-refractivity contribution >= 4 is 39.2 Å². The van der Waals surface area contributed by atoms with Gasteiger partial charge in [-0.1, -0.05) is 18.2 Å². The van der Waals surface area contributed by atoms with E-state index in [-0.39, 0.29) is 17.9 Å². The van der Waals surface area contributed by atoms with Crippen LogP contribution in [0.1, 0.15) is 18.5 Å². The van der Waals surface area contributed by atoms with Crippen LogP contribution in [0, 0.1) is 17.2 Å². The summed E-state index contributed by atoms with van der Waals surface area (Å²) in [5, 5.41) is 21.8. The van der Waals surface area contributed by atoms with Crippen molar-refractivity contribution in [2.45, 2.75) is 25.1 Å². The van der Waals surface area contributed by atoms with E-state index in [4.69, 9.17) is 19.9 Å². The number of aromatic nitrogens is 2. The highest BCUT2D eigenvalue weighted by atomic mass is 32.1. The van der Waals surface area contributed by atoms with Crippen LogP contribution < -0.4 is 10.1 Å². The Balaban J connectivity index is 0.000000360. The van der Waals surface area contributed by atoms with Crippen molar-refractivity contribution in [3.05, 3.63) is 47.6 Å². The van der Waals surface area contributed by atoms with Crippen LogP contribution in [0.3, 0.4) is 0 Å². The largest absolute Gasteiger partial charge is 0.490 e. The number of rotatable bonds is 4. The van der Waals surface area contributed by atoms with E-state index in [0.717, 1.165) is 16.7 Å². The smallest absolute Gasteiger partial charge is 0.488 e. The second kappa shape index (κ2) is 9.61. The molecule has 0 aliphatic heterocycles. The van der Waals surface area contributed by atoms with Crippen LogP contribution in [-0.4, -0.2) is 39.2 Å². The van der Waals surface area contributed by atoms with E-state index in [9.17, 15) is 18.0 Å². The predicted octanol–water partition coefficient (Wildman–Crippen LogP) is 3.99. The highest BCUT2D eigenvalue weighted by Crippen LogP contribution is 2.34. The van der Waals surface area contributed by atoms with Crippen molar-refractivity contribution in [2.24, 2.45) is 5.92 Å². The summed E-state index contributed by atoms with van der Waals surface area (Å²) in [7, 11) is 0. The number of aliphatic carboxylic acids is 1. The van der Waals surface area contributed by atoms with E-state index in [1.165, 1.54) is 11.3 Å². The molecule has 12 heteroatoms. The first-order valence-electron chi connectivity index (χ1n) is 9.14. The number of hydrogen-bond acceptors (Lipinski definition) is 7. The molecule has 4 rings (SSSR count). The molecule has 1 saturated carbocycles. The molecule has 0 saturated heterocycles. The van der Waals surface area contributed by atoms with Gasteiger partial charge in [-0.25, -0.2) is 9.78 Å². The number of amides is 1. The summed E-state index contributed by atoms with van der Waals surface area (Å²) in [5.74, 6) is -2.18. The Labute approximate surface area is 183 Å². The number of alkyl halides is 3. The van der Waals surface area contributed by atoms with Crippen LogP contribution in [0.4, 0.5) is 18.3 Å². The topological polar surface area (TPSA) is 125 Å². The molecule has 2 N–H and O–H groups in total. The Hall–Kier alpha value is -3.72. The number of nitrogens with zero attached hydrogens (tertiary/aromatic N) is 3. The SMILES string of the molecule is N#Cc1csc(NC(=O)C2CC(Oc3cccc4cccnc34)C2)n1.O=C(O)C(F)(F)F. The lowest BCUT2D eigenvalue weighted by molar-refractivity contribution is -0.192. The van der Waals surface area contributed by atoms with E-state index < -0.39 is 12.1 Å². The monoisotopic (exact) mass is 464 g/mol. The van der Waals surface area contributed by atoms with E-state index in [2.05, 4.69) is 15.3 Å². The zero-order chi connectivity index (χ0) is 23.3. The highest BCUT2D eigenvalue weighted by Gasteiger charge is 2.38. The van der Waals surface area contributed by atoms with Gasteiger partial charge in [-0.05, 0) is 25.0 Å². The summed E-state index contributed by atoms with van der Waals surface area (Å²) in [5.41, 5.74) is 1.16. The first-order valence-corrected chi connectivity index (χ1v) is 10.0. The fraction of sp³-hybridized carbons (Fsp3) is 0.250. The molecule has 32 heavy (non-hydrogen) atoms. The number of carboxylic acids is 1. The van der Waals surface area contributed by atoms with Gasteiger partial charge in [0.15, 0.2) is 10.8 Å². The van der Waals surface area contributed by atoms with Gasteiger partial charge in [-0.15, -0.1) is 11.3 Å². The standard InChI is InChI=1S/C18H14N4O2S.C2HF3O2/c19-9-13-10-25-18(21-13)22-17(23)12-7-14(8-12)24-15-5-1-3-11-4-2-6-20-16(11)15;3-2(4,5)1(6)7/h1-6,10,12,14H,7-8H2,(H,21,22,23);(H,6,7). The molecule has 1 amide bonds. The Morgan fingerprint density at radius 3 is 2.56 bits per heavy atom. The summed E-state index contributed by atoms with van der Waals surface area (Å²) >= 11 is 1.25. The molecule has 3 aromatic rings. The number of nitriles is 1. The number of hydrogen-bond donors (Lipinski definition) is 2. The molecule has 2 aromatic heterocycles. The number of carbonyl (C=O) groups is 2. The lowest BCUT2D eigenvalue weighted by atomic mass is 9.81. The fourth-order valence-corrected chi connectivity index (χ4v) is 3.46. The number of fused-ring (bicyclic) bond motifs is 1. The molecule has 0 atom stereocenters. The van der Waals surface area contributed by atoms with E-state index in [1.807, 2.05) is 36.4 Å². The number of halogens is 3. The summed E-state index contributed by atoms with van der Waals surface area (Å²) < 4.78 is 37.8. The van der Waals surface area contributed by atoms with Gasteiger partial charge < -0.3 is 15.2 Å². The third-order valence-corrected chi connectivity index (χ3v) is 5.20. The van der Waals surface area contributed by atoms with E-state index >= 15 is 0 Å². The van der Waals surface area contributed by atoms with Crippen LogP contribution >= 0.6 is 11.3 Å². The molecule has 0 spiro atoms. The number of benzene rings is 1. The van der Waals surface area contributed by atoms with Crippen LogP contribution in [0.15, 0.2) is 41.9 Å². The normalized spacial score (nSPS) is 17.3. The van der Waals surface area contributed by atoms with Gasteiger partial charge in [0, 0.05) is 22.9 Å². The summed E-state index contributed by atoms with van der Waals surface area (Å²) in [6.07, 6.45) is -2.01. The Kier molecular flexibility index (Phi) is 6.89. The van der Waals surface area contributed by atoms with Gasteiger partial charge in [0.2, 0.25) is 5.91 Å². The molecule has 8 nitrogen and oxygen atoms in total. The van der Waals surface area contributed by atoms with Gasteiger partial charge in [0.1, 0.15) is 23.4 Å². The van der Waals surface area contributed by atoms with Crippen LogP contribution in [0.25, 0.3) is 10.9 Å². The number of carbonyl (C=O) groups excluding carboxylic acids is 1. The first-order chi connectivity index (χ1) is 15.2. The second-order valence-corrected chi connectivity index (χ2v) is 7.54. The Bertz CT molecular complexity index is 1160. The molecular weight excluding hydrogens is 449 g/mol. The first kappa shape index (κ1) is 23.0. The fourth-order valence-electron chi connectivity index (χ4n) is 2.82. The van der Waals surface area contributed by atoms with Crippen LogP contribution in [-0.2, 0) is 9.59 Å². The minimum absolute atomic E-state index is 0.00863. The molecule has 0 bridgehead atoms. The van der Waals surface area contributed by atoms with Gasteiger partial charge in [-0.2, -0.15) is 18.4 Å². The van der Waals surface area contributed by atoms with E-state index in [1.54, 1.807) is 11.6 Å². The maximum Gasteiger partial charge on any atom is 0.490 e. The molecule has 1 aromatic carbocycles. The van der Waals surface area contributed by atoms with Crippen LogP contribution in [0.5, 0.6) is 5.75 Å². The molecule has 166 valence electrons.